The highest BCUT2D eigenvalue weighted by molar-refractivity contribution is 5.87. The van der Waals surface area contributed by atoms with Crippen LogP contribution in [0.2, 0.25) is 0 Å². The maximum absolute atomic E-state index is 11.5. The van der Waals surface area contributed by atoms with Crippen molar-refractivity contribution < 1.29 is 14.3 Å². The molecule has 94 valence electrons. The Bertz CT molecular complexity index is 510. The average molecular weight is 246 g/mol. The molecule has 0 atom stereocenters. The zero-order chi connectivity index (χ0) is 13.8. The first-order valence-electron chi connectivity index (χ1n) is 5.34. The van der Waals surface area contributed by atoms with Crippen LogP contribution in [0.4, 0.5) is 10.5 Å². The number of ether oxygens (including phenoxy) is 1. The first-order valence-corrected chi connectivity index (χ1v) is 5.34. The van der Waals surface area contributed by atoms with Gasteiger partial charge in [0, 0.05) is 11.3 Å². The molecule has 1 aromatic rings. The Balaban J connectivity index is 2.88. The molecule has 0 saturated carbocycles. The number of carbonyl (C=O) groups excluding carboxylic acids is 2. The Morgan fingerprint density at radius 3 is 2.56 bits per heavy atom. The largest absolute Gasteiger partial charge is 0.444 e. The molecule has 0 aliphatic heterocycles. The fraction of sp³-hybridized carbons (Fsp3) is 0.308. The Labute approximate surface area is 105 Å². The molecule has 5 heteroatoms. The summed E-state index contributed by atoms with van der Waals surface area (Å²) in [6, 6.07) is 6.29. The van der Waals surface area contributed by atoms with E-state index >= 15 is 0 Å². The topological polar surface area (TPSA) is 79.2 Å². The summed E-state index contributed by atoms with van der Waals surface area (Å²) in [5.41, 5.74) is 0.362. The number of amides is 1. The van der Waals surface area contributed by atoms with Crippen molar-refractivity contribution in [1.82, 2.24) is 0 Å². The number of nitrogens with zero attached hydrogens (tertiary/aromatic N) is 1. The standard InChI is InChI=1S/C13H14N2O3/c1-13(2,3)18-12(17)15-11-5-9(7-14)4-10(6-11)8-16/h4-6,8H,1-3H3,(H,15,17). The Morgan fingerprint density at radius 1 is 1.39 bits per heavy atom. The van der Waals surface area contributed by atoms with E-state index < -0.39 is 11.7 Å². The van der Waals surface area contributed by atoms with E-state index in [1.807, 2.05) is 6.07 Å². The minimum Gasteiger partial charge on any atom is -0.444 e. The van der Waals surface area contributed by atoms with Crippen LogP contribution in [0.15, 0.2) is 18.2 Å². The van der Waals surface area contributed by atoms with Crippen LogP contribution in [0.25, 0.3) is 0 Å². The van der Waals surface area contributed by atoms with Crippen molar-refractivity contribution in [2.75, 3.05) is 5.32 Å². The molecule has 0 aliphatic carbocycles. The third-order valence-electron chi connectivity index (χ3n) is 1.87. The van der Waals surface area contributed by atoms with Gasteiger partial charge in [-0.25, -0.2) is 4.79 Å². The summed E-state index contributed by atoms with van der Waals surface area (Å²) < 4.78 is 5.07. The van der Waals surface area contributed by atoms with E-state index in [9.17, 15) is 9.59 Å². The lowest BCUT2D eigenvalue weighted by atomic mass is 10.1. The Hall–Kier alpha value is -2.35. The number of rotatable bonds is 2. The number of carbonyl (C=O) groups is 2. The van der Waals surface area contributed by atoms with Gasteiger partial charge in [0.05, 0.1) is 11.6 Å². The van der Waals surface area contributed by atoms with E-state index in [0.29, 0.717) is 23.1 Å². The minimum atomic E-state index is -0.630. The molecular formula is C13H14N2O3. The van der Waals surface area contributed by atoms with Crippen LogP contribution in [0, 0.1) is 11.3 Å². The van der Waals surface area contributed by atoms with Crippen molar-refractivity contribution in [2.45, 2.75) is 26.4 Å². The molecule has 0 bridgehead atoms. The van der Waals surface area contributed by atoms with Crippen LogP contribution in [0.1, 0.15) is 36.7 Å². The third-order valence-corrected chi connectivity index (χ3v) is 1.87. The maximum atomic E-state index is 11.5. The van der Waals surface area contributed by atoms with Crippen LogP contribution in [0.3, 0.4) is 0 Å². The highest BCUT2D eigenvalue weighted by Gasteiger charge is 2.16. The molecule has 1 amide bonds. The van der Waals surface area contributed by atoms with Gasteiger partial charge in [-0.2, -0.15) is 5.26 Å². The Kier molecular flexibility index (Phi) is 4.05. The number of hydrogen-bond donors (Lipinski definition) is 1. The summed E-state index contributed by atoms with van der Waals surface area (Å²) in [4.78, 5) is 22.2. The molecule has 0 fully saturated rings. The zero-order valence-corrected chi connectivity index (χ0v) is 10.5. The number of hydrogen-bond acceptors (Lipinski definition) is 4. The fourth-order valence-electron chi connectivity index (χ4n) is 1.28. The van der Waals surface area contributed by atoms with Gasteiger partial charge in [0.25, 0.3) is 0 Å². The van der Waals surface area contributed by atoms with Crippen LogP contribution >= 0.6 is 0 Å². The molecule has 0 heterocycles. The number of benzene rings is 1. The predicted octanol–water partition coefficient (Wildman–Crippen LogP) is 2.72. The summed E-state index contributed by atoms with van der Waals surface area (Å²) >= 11 is 0. The van der Waals surface area contributed by atoms with Crippen molar-refractivity contribution in [3.05, 3.63) is 29.3 Å². The van der Waals surface area contributed by atoms with Gasteiger partial charge in [-0.05, 0) is 39.0 Å². The number of aldehydes is 1. The molecule has 1 N–H and O–H groups in total. The molecule has 18 heavy (non-hydrogen) atoms. The highest BCUT2D eigenvalue weighted by Crippen LogP contribution is 2.15. The quantitative estimate of drug-likeness (QED) is 0.813. The van der Waals surface area contributed by atoms with Crippen molar-refractivity contribution in [3.8, 4) is 6.07 Å². The zero-order valence-electron chi connectivity index (χ0n) is 10.5. The van der Waals surface area contributed by atoms with E-state index in [4.69, 9.17) is 10.00 Å². The van der Waals surface area contributed by atoms with Gasteiger partial charge in [0.15, 0.2) is 0 Å². The number of nitriles is 1. The molecule has 1 rings (SSSR count). The molecule has 1 aromatic carbocycles. The molecule has 0 spiro atoms. The summed E-state index contributed by atoms with van der Waals surface area (Å²) in [6.07, 6.45) is -0.0179. The summed E-state index contributed by atoms with van der Waals surface area (Å²) in [7, 11) is 0. The van der Waals surface area contributed by atoms with Crippen molar-refractivity contribution in [1.29, 1.82) is 5.26 Å². The van der Waals surface area contributed by atoms with E-state index in [-0.39, 0.29) is 0 Å². The summed E-state index contributed by atoms with van der Waals surface area (Å²) in [5, 5.41) is 11.3. The van der Waals surface area contributed by atoms with Gasteiger partial charge in [-0.1, -0.05) is 0 Å². The van der Waals surface area contributed by atoms with E-state index in [0.717, 1.165) is 0 Å². The first-order chi connectivity index (χ1) is 8.34. The van der Waals surface area contributed by atoms with Crippen molar-refractivity contribution >= 4 is 18.1 Å². The third kappa shape index (κ3) is 4.26. The molecule has 0 aromatic heterocycles. The lowest BCUT2D eigenvalue weighted by molar-refractivity contribution is 0.0635. The molecular weight excluding hydrogens is 232 g/mol. The molecule has 0 radical (unpaired) electrons. The second kappa shape index (κ2) is 5.32. The lowest BCUT2D eigenvalue weighted by Crippen LogP contribution is -2.27. The van der Waals surface area contributed by atoms with Gasteiger partial charge in [-0.3, -0.25) is 10.1 Å². The van der Waals surface area contributed by atoms with Gasteiger partial charge < -0.3 is 4.74 Å². The van der Waals surface area contributed by atoms with Crippen LogP contribution < -0.4 is 5.32 Å². The van der Waals surface area contributed by atoms with E-state index in [1.165, 1.54) is 18.2 Å². The Morgan fingerprint density at radius 2 is 2.06 bits per heavy atom. The van der Waals surface area contributed by atoms with Gasteiger partial charge in [-0.15, -0.1) is 0 Å². The summed E-state index contributed by atoms with van der Waals surface area (Å²) in [6.45, 7) is 5.24. The van der Waals surface area contributed by atoms with E-state index in [1.54, 1.807) is 20.8 Å². The van der Waals surface area contributed by atoms with Crippen LogP contribution in [-0.4, -0.2) is 18.0 Å². The van der Waals surface area contributed by atoms with Crippen molar-refractivity contribution in [3.63, 3.8) is 0 Å². The first kappa shape index (κ1) is 13.7. The lowest BCUT2D eigenvalue weighted by Gasteiger charge is -2.19. The highest BCUT2D eigenvalue weighted by atomic mass is 16.6. The number of anilines is 1. The molecule has 5 nitrogen and oxygen atoms in total. The number of nitrogens with one attached hydrogen (secondary N) is 1. The maximum Gasteiger partial charge on any atom is 0.412 e. The monoisotopic (exact) mass is 246 g/mol. The van der Waals surface area contributed by atoms with Gasteiger partial charge in [0.1, 0.15) is 11.9 Å². The van der Waals surface area contributed by atoms with E-state index in [2.05, 4.69) is 5.32 Å². The second-order valence-electron chi connectivity index (χ2n) is 4.70. The van der Waals surface area contributed by atoms with Gasteiger partial charge >= 0.3 is 6.09 Å². The predicted molar refractivity (Wildman–Crippen MR) is 66.4 cm³/mol. The SMILES string of the molecule is CC(C)(C)OC(=O)Nc1cc(C#N)cc(C=O)c1. The normalized spacial score (nSPS) is 10.3. The minimum absolute atomic E-state index is 0.297. The van der Waals surface area contributed by atoms with Crippen LogP contribution in [-0.2, 0) is 4.74 Å². The fourth-order valence-corrected chi connectivity index (χ4v) is 1.28. The summed E-state index contributed by atoms with van der Waals surface area (Å²) in [5.74, 6) is 0. The van der Waals surface area contributed by atoms with Gasteiger partial charge in [0.2, 0.25) is 0 Å². The molecule has 0 unspecified atom stereocenters. The molecule has 0 saturated heterocycles. The molecule has 0 aliphatic rings. The average Bonchev–Trinajstić information content (AvgIpc) is 2.25. The van der Waals surface area contributed by atoms with Crippen molar-refractivity contribution in [2.24, 2.45) is 0 Å². The smallest absolute Gasteiger partial charge is 0.412 e. The second-order valence-corrected chi connectivity index (χ2v) is 4.70. The van der Waals surface area contributed by atoms with Crippen LogP contribution in [0.5, 0.6) is 0 Å².